The fraction of sp³-hybridized carbons (Fsp3) is 0.385. The average Bonchev–Trinajstić information content (AvgIpc) is 3.27. The lowest BCUT2D eigenvalue weighted by atomic mass is 9.99. The Balaban J connectivity index is 1.28. The molecule has 5 rings (SSSR count). The maximum atomic E-state index is 13.4. The molecule has 2 atom stereocenters. The third-order valence-electron chi connectivity index (χ3n) is 6.88. The lowest BCUT2D eigenvalue weighted by Crippen LogP contribution is -2.55. The van der Waals surface area contributed by atoms with Gasteiger partial charge in [-0.05, 0) is 61.8 Å². The molecule has 2 aromatic heterocycles. The fourth-order valence-electron chi connectivity index (χ4n) is 4.93. The van der Waals surface area contributed by atoms with Crippen molar-refractivity contribution in [2.75, 3.05) is 19.6 Å². The molecule has 194 valence electrons. The largest absolute Gasteiger partial charge is 0.344 e. The van der Waals surface area contributed by atoms with Gasteiger partial charge in [0.15, 0.2) is 10.8 Å². The van der Waals surface area contributed by atoms with Gasteiger partial charge in [0.25, 0.3) is 15.9 Å². The Labute approximate surface area is 219 Å². The zero-order valence-corrected chi connectivity index (χ0v) is 21.8. The van der Waals surface area contributed by atoms with Crippen LogP contribution in [0.2, 0.25) is 0 Å². The van der Waals surface area contributed by atoms with Gasteiger partial charge in [-0.25, -0.2) is 13.4 Å². The number of nitrogens with zero attached hydrogens (tertiary/aromatic N) is 3. The first-order valence-electron chi connectivity index (χ1n) is 12.4. The maximum absolute atomic E-state index is 13.4. The van der Waals surface area contributed by atoms with Crippen molar-refractivity contribution in [2.45, 2.75) is 49.2 Å². The van der Waals surface area contributed by atoms with Gasteiger partial charge in [0, 0.05) is 24.0 Å². The van der Waals surface area contributed by atoms with E-state index in [4.69, 9.17) is 0 Å². The Bertz CT molecular complexity index is 1390. The number of Topliss-reactive ketones (excluding diaryl/α,β-unsaturated/α-hetero) is 1. The predicted molar refractivity (Wildman–Crippen MR) is 140 cm³/mol. The molecular weight excluding hydrogens is 512 g/mol. The monoisotopic (exact) mass is 540 g/mol. The molecule has 37 heavy (non-hydrogen) atoms. The van der Waals surface area contributed by atoms with E-state index in [2.05, 4.69) is 10.3 Å². The summed E-state index contributed by atoms with van der Waals surface area (Å²) < 4.78 is 28.1. The van der Waals surface area contributed by atoms with Gasteiger partial charge in [0.1, 0.15) is 6.04 Å². The second-order valence-electron chi connectivity index (χ2n) is 9.33. The van der Waals surface area contributed by atoms with E-state index in [1.807, 2.05) is 30.3 Å². The second kappa shape index (κ2) is 10.7. The summed E-state index contributed by atoms with van der Waals surface area (Å²) in [6.07, 6.45) is 4.27. The van der Waals surface area contributed by atoms with Crippen LogP contribution in [-0.4, -0.2) is 71.9 Å². The summed E-state index contributed by atoms with van der Waals surface area (Å²) in [5.41, 5.74) is 0. The number of thiophene rings is 1. The van der Waals surface area contributed by atoms with E-state index in [-0.39, 0.29) is 35.7 Å². The molecule has 4 heterocycles. The van der Waals surface area contributed by atoms with E-state index in [9.17, 15) is 22.8 Å². The van der Waals surface area contributed by atoms with Gasteiger partial charge < -0.3 is 10.2 Å². The van der Waals surface area contributed by atoms with E-state index < -0.39 is 22.1 Å². The van der Waals surface area contributed by atoms with Crippen LogP contribution in [0.15, 0.2) is 59.8 Å². The number of carbonyl (C=O) groups excluding carboxylic acids is 3. The molecule has 11 heteroatoms. The normalized spacial score (nSPS) is 21.5. The number of carbonyl (C=O) groups is 3. The molecule has 1 N–H and O–H groups in total. The van der Waals surface area contributed by atoms with Gasteiger partial charge >= 0.3 is 0 Å². The van der Waals surface area contributed by atoms with Crippen molar-refractivity contribution in [3.63, 3.8) is 0 Å². The molecule has 0 aliphatic carbocycles. The molecular formula is C26H28N4O5S2. The van der Waals surface area contributed by atoms with Crippen molar-refractivity contribution in [1.82, 2.24) is 19.5 Å². The molecule has 0 radical (unpaired) electrons. The highest BCUT2D eigenvalue weighted by Gasteiger charge is 2.37. The van der Waals surface area contributed by atoms with E-state index in [1.54, 1.807) is 17.0 Å². The minimum absolute atomic E-state index is 0.108. The highest BCUT2D eigenvalue weighted by Crippen LogP contribution is 2.29. The van der Waals surface area contributed by atoms with Crippen LogP contribution in [0.3, 0.4) is 0 Å². The molecule has 0 saturated carbocycles. The van der Waals surface area contributed by atoms with Crippen LogP contribution >= 0.6 is 11.3 Å². The molecule has 3 aromatic rings. The van der Waals surface area contributed by atoms with Crippen molar-refractivity contribution in [1.29, 1.82) is 0 Å². The number of amides is 2. The number of pyridine rings is 1. The van der Waals surface area contributed by atoms with Crippen LogP contribution in [0.5, 0.6) is 0 Å². The van der Waals surface area contributed by atoms with Gasteiger partial charge in [-0.15, -0.1) is 11.3 Å². The molecule has 1 unspecified atom stereocenters. The van der Waals surface area contributed by atoms with Gasteiger partial charge in [0.2, 0.25) is 5.91 Å². The Morgan fingerprint density at radius 1 is 1.00 bits per heavy atom. The number of benzene rings is 1. The van der Waals surface area contributed by atoms with Crippen molar-refractivity contribution in [3.05, 3.63) is 59.6 Å². The third kappa shape index (κ3) is 5.29. The highest BCUT2D eigenvalue weighted by molar-refractivity contribution is 7.89. The molecule has 2 saturated heterocycles. The van der Waals surface area contributed by atoms with E-state index in [1.165, 1.54) is 23.6 Å². The second-order valence-corrected chi connectivity index (χ2v) is 12.3. The number of rotatable bonds is 5. The number of ketones is 1. The maximum Gasteiger partial charge on any atom is 0.264 e. The quantitative estimate of drug-likeness (QED) is 0.532. The molecule has 0 spiro atoms. The van der Waals surface area contributed by atoms with Crippen molar-refractivity contribution >= 4 is 49.0 Å². The third-order valence-corrected chi connectivity index (χ3v) is 9.75. The predicted octanol–water partition coefficient (Wildman–Crippen LogP) is 2.83. The highest BCUT2D eigenvalue weighted by atomic mass is 32.2. The number of aromatic nitrogens is 1. The number of fused-ring (bicyclic) bond motifs is 1. The van der Waals surface area contributed by atoms with Crippen LogP contribution in [0.4, 0.5) is 0 Å². The van der Waals surface area contributed by atoms with Crippen LogP contribution in [0.25, 0.3) is 10.1 Å². The number of sulfonamides is 1. The molecule has 2 fully saturated rings. The number of piperidine rings is 1. The number of likely N-dealkylation sites (tertiary alicyclic amines) is 1. The Kier molecular flexibility index (Phi) is 7.36. The van der Waals surface area contributed by atoms with Crippen molar-refractivity contribution in [3.8, 4) is 0 Å². The lowest BCUT2D eigenvalue weighted by Gasteiger charge is -2.35. The van der Waals surface area contributed by atoms with Gasteiger partial charge in [0.05, 0.1) is 17.5 Å². The van der Waals surface area contributed by atoms with Gasteiger partial charge in [-0.1, -0.05) is 24.3 Å². The summed E-state index contributed by atoms with van der Waals surface area (Å²) >= 11 is 1.41. The SMILES string of the molecule is O=C1CN(S(=O)(=O)c2ccccn2)CCCC1NC(=O)[C@@H]1CCCCN1C(=O)c1cc2ccccc2s1. The van der Waals surface area contributed by atoms with Gasteiger partial charge in [-0.3, -0.25) is 14.4 Å². The summed E-state index contributed by atoms with van der Waals surface area (Å²) in [5.74, 6) is -0.919. The smallest absolute Gasteiger partial charge is 0.264 e. The summed E-state index contributed by atoms with van der Waals surface area (Å²) in [4.78, 5) is 45.9. The zero-order valence-electron chi connectivity index (χ0n) is 20.2. The zero-order chi connectivity index (χ0) is 26.0. The Morgan fingerprint density at radius 2 is 1.81 bits per heavy atom. The Hall–Kier alpha value is -3.15. The average molecular weight is 541 g/mol. The Morgan fingerprint density at radius 3 is 2.59 bits per heavy atom. The molecule has 2 amide bonds. The topological polar surface area (TPSA) is 117 Å². The van der Waals surface area contributed by atoms with E-state index in [0.717, 1.165) is 27.2 Å². The molecule has 2 aliphatic rings. The summed E-state index contributed by atoms with van der Waals surface area (Å²) in [6.45, 7) is 0.301. The van der Waals surface area contributed by atoms with Crippen LogP contribution < -0.4 is 5.32 Å². The van der Waals surface area contributed by atoms with Crippen LogP contribution in [-0.2, 0) is 19.6 Å². The van der Waals surface area contributed by atoms with Gasteiger partial charge in [-0.2, -0.15) is 4.31 Å². The molecule has 9 nitrogen and oxygen atoms in total. The van der Waals surface area contributed by atoms with Crippen LogP contribution in [0, 0.1) is 0 Å². The molecule has 0 bridgehead atoms. The van der Waals surface area contributed by atoms with Crippen LogP contribution in [0.1, 0.15) is 41.8 Å². The summed E-state index contributed by atoms with van der Waals surface area (Å²) in [6, 6.07) is 12.8. The number of hydrogen-bond donors (Lipinski definition) is 1. The first kappa shape index (κ1) is 25.5. The van der Waals surface area contributed by atoms with Crippen molar-refractivity contribution < 1.29 is 22.8 Å². The minimum atomic E-state index is -3.92. The first-order chi connectivity index (χ1) is 17.8. The molecule has 1 aromatic carbocycles. The standard InChI is InChI=1S/C26H28N4O5S2/c31-21-17-29(37(34,35)24-12-3-5-13-27-24)14-7-9-19(21)28-25(32)20-10-4-6-15-30(20)26(33)23-16-18-8-1-2-11-22(18)36-23/h1-3,5,8,11-13,16,19-20H,4,6-7,9-10,14-15,17H2,(H,28,32)/t19?,20-/m0/s1. The number of hydrogen-bond acceptors (Lipinski definition) is 7. The summed E-state index contributed by atoms with van der Waals surface area (Å²) in [7, 11) is -3.92. The first-order valence-corrected chi connectivity index (χ1v) is 14.6. The number of nitrogens with one attached hydrogen (secondary N) is 1. The molecule has 2 aliphatic heterocycles. The van der Waals surface area contributed by atoms with E-state index >= 15 is 0 Å². The van der Waals surface area contributed by atoms with E-state index in [0.29, 0.717) is 30.7 Å². The fourth-order valence-corrected chi connectivity index (χ4v) is 7.32. The lowest BCUT2D eigenvalue weighted by molar-refractivity contribution is -0.131. The summed E-state index contributed by atoms with van der Waals surface area (Å²) in [5, 5.41) is 3.72. The minimum Gasteiger partial charge on any atom is -0.344 e. The van der Waals surface area contributed by atoms with Crippen molar-refractivity contribution in [2.24, 2.45) is 0 Å².